The minimum Gasteiger partial charge on any atom is -0.463 e. The quantitative estimate of drug-likeness (QED) is 0.142. The number of esters is 1. The molecule has 0 bridgehead atoms. The molecule has 0 aliphatic heterocycles. The van der Waals surface area contributed by atoms with Crippen molar-refractivity contribution >= 4 is 49.3 Å². The van der Waals surface area contributed by atoms with Crippen LogP contribution in [0.4, 0.5) is 0 Å². The summed E-state index contributed by atoms with van der Waals surface area (Å²) in [7, 11) is 15.2. The van der Waals surface area contributed by atoms with Crippen molar-refractivity contribution in [3.8, 4) is 0 Å². The normalized spacial score (nSPS) is 13.7. The zero-order valence-corrected chi connectivity index (χ0v) is 20.7. The minimum absolute atomic E-state index is 0.00780. The number of unbranched alkanes of at least 4 members (excludes halogenated alkanes) is 9. The first-order valence-electron chi connectivity index (χ1n) is 10.8. The van der Waals surface area contributed by atoms with E-state index < -0.39 is 0 Å². The summed E-state index contributed by atoms with van der Waals surface area (Å²) in [6.07, 6.45) is 16.3. The molecule has 162 valence electrons. The second-order valence-electron chi connectivity index (χ2n) is 7.66. The van der Waals surface area contributed by atoms with Crippen molar-refractivity contribution in [2.45, 2.75) is 127 Å². The van der Waals surface area contributed by atoms with Gasteiger partial charge >= 0.3 is 5.97 Å². The van der Waals surface area contributed by atoms with Gasteiger partial charge in [0.05, 0.1) is 6.10 Å². The molecule has 0 spiro atoms. The summed E-state index contributed by atoms with van der Waals surface area (Å²) in [5.74, 6) is -0.0692. The van der Waals surface area contributed by atoms with E-state index >= 15 is 0 Å². The van der Waals surface area contributed by atoms with Gasteiger partial charge in [0.2, 0.25) is 0 Å². The molecule has 0 fully saturated rings. The highest BCUT2D eigenvalue weighted by atomic mass is 35.7. The molecule has 0 aliphatic carbocycles. The van der Waals surface area contributed by atoms with E-state index in [-0.39, 0.29) is 12.1 Å². The van der Waals surface area contributed by atoms with Crippen LogP contribution in [0, 0.1) is 0 Å². The standard InChI is InChI=1S/C21H40Cl2O2S2/c1-4-5-6-7-9-12-15-19(26-22)20(27-23)16-13-10-8-11-14-17-21(24)25-18(2)3/h18-20H,4-17H2,1-3H3. The Hall–Kier alpha value is 0.750. The predicted molar refractivity (Wildman–Crippen MR) is 126 cm³/mol. The van der Waals surface area contributed by atoms with Gasteiger partial charge in [0.25, 0.3) is 0 Å². The van der Waals surface area contributed by atoms with Crippen LogP contribution in [0.15, 0.2) is 0 Å². The monoisotopic (exact) mass is 458 g/mol. The van der Waals surface area contributed by atoms with Crippen LogP contribution in [-0.4, -0.2) is 22.6 Å². The summed E-state index contributed by atoms with van der Waals surface area (Å²) >= 11 is 0. The van der Waals surface area contributed by atoms with E-state index in [1.807, 2.05) is 13.8 Å². The maximum Gasteiger partial charge on any atom is 0.306 e. The Morgan fingerprint density at radius 1 is 0.778 bits per heavy atom. The zero-order valence-electron chi connectivity index (χ0n) is 17.5. The third kappa shape index (κ3) is 17.3. The Morgan fingerprint density at radius 2 is 1.22 bits per heavy atom. The van der Waals surface area contributed by atoms with Gasteiger partial charge in [-0.2, -0.15) is 0 Å². The van der Waals surface area contributed by atoms with Crippen molar-refractivity contribution in [1.29, 1.82) is 0 Å². The summed E-state index contributed by atoms with van der Waals surface area (Å²) in [4.78, 5) is 11.5. The van der Waals surface area contributed by atoms with E-state index in [4.69, 9.17) is 26.1 Å². The maximum absolute atomic E-state index is 11.5. The molecule has 0 radical (unpaired) electrons. The average molecular weight is 460 g/mol. The van der Waals surface area contributed by atoms with Crippen LogP contribution in [0.25, 0.3) is 0 Å². The highest BCUT2D eigenvalue weighted by Gasteiger charge is 2.21. The lowest BCUT2D eigenvalue weighted by molar-refractivity contribution is -0.147. The fourth-order valence-corrected chi connectivity index (χ4v) is 6.16. The molecule has 0 aromatic heterocycles. The van der Waals surface area contributed by atoms with Gasteiger partial charge in [-0.1, -0.05) is 93.1 Å². The molecule has 0 saturated carbocycles. The molecule has 0 saturated heterocycles. The van der Waals surface area contributed by atoms with E-state index in [9.17, 15) is 4.79 Å². The van der Waals surface area contributed by atoms with Crippen LogP contribution in [-0.2, 0) is 9.53 Å². The van der Waals surface area contributed by atoms with Crippen LogP contribution < -0.4 is 0 Å². The van der Waals surface area contributed by atoms with Gasteiger partial charge in [-0.15, -0.1) is 0 Å². The maximum atomic E-state index is 11.5. The molecule has 0 aliphatic rings. The number of hydrogen-bond donors (Lipinski definition) is 0. The van der Waals surface area contributed by atoms with Crippen molar-refractivity contribution in [1.82, 2.24) is 0 Å². The van der Waals surface area contributed by atoms with Gasteiger partial charge in [0.1, 0.15) is 0 Å². The summed E-state index contributed by atoms with van der Waals surface area (Å²) < 4.78 is 5.15. The van der Waals surface area contributed by atoms with Crippen LogP contribution in [0.1, 0.15) is 111 Å². The zero-order chi connectivity index (χ0) is 20.3. The lowest BCUT2D eigenvalue weighted by Crippen LogP contribution is -2.18. The molecule has 2 unspecified atom stereocenters. The van der Waals surface area contributed by atoms with E-state index in [0.717, 1.165) is 19.3 Å². The van der Waals surface area contributed by atoms with Gasteiger partial charge in [0, 0.05) is 16.9 Å². The van der Waals surface area contributed by atoms with Crippen molar-refractivity contribution in [3.05, 3.63) is 0 Å². The van der Waals surface area contributed by atoms with Gasteiger partial charge in [-0.25, -0.2) is 0 Å². The molecule has 0 rings (SSSR count). The number of rotatable bonds is 19. The first-order valence-corrected chi connectivity index (χ1v) is 14.2. The van der Waals surface area contributed by atoms with E-state index in [1.54, 1.807) is 0 Å². The average Bonchev–Trinajstić information content (AvgIpc) is 2.63. The SMILES string of the molecule is CCCCCCCCC(SCl)C(CCCCCCCC(=O)OC(C)C)SCl. The van der Waals surface area contributed by atoms with Crippen molar-refractivity contribution in [2.75, 3.05) is 0 Å². The smallest absolute Gasteiger partial charge is 0.306 e. The molecule has 2 nitrogen and oxygen atoms in total. The number of hydrogen-bond acceptors (Lipinski definition) is 4. The Balaban J connectivity index is 3.76. The molecule has 27 heavy (non-hydrogen) atoms. The highest BCUT2D eigenvalue weighted by Crippen LogP contribution is 2.36. The summed E-state index contributed by atoms with van der Waals surface area (Å²) in [6, 6.07) is 0. The fraction of sp³-hybridized carbons (Fsp3) is 0.952. The van der Waals surface area contributed by atoms with Gasteiger partial charge in [0.15, 0.2) is 0 Å². The first-order chi connectivity index (χ1) is 13.0. The van der Waals surface area contributed by atoms with Crippen LogP contribution >= 0.6 is 43.3 Å². The molecule has 0 N–H and O–H groups in total. The largest absolute Gasteiger partial charge is 0.463 e. The predicted octanol–water partition coefficient (Wildman–Crippen LogP) is 8.93. The van der Waals surface area contributed by atoms with E-state index in [1.165, 1.54) is 86.2 Å². The van der Waals surface area contributed by atoms with E-state index in [0.29, 0.717) is 16.9 Å². The first kappa shape index (κ1) is 27.8. The van der Waals surface area contributed by atoms with Gasteiger partial charge in [-0.05, 0) is 54.5 Å². The number of ether oxygens (including phenoxy) is 1. The molecular weight excluding hydrogens is 419 g/mol. The van der Waals surface area contributed by atoms with Crippen molar-refractivity contribution < 1.29 is 9.53 Å². The molecule has 2 atom stereocenters. The van der Waals surface area contributed by atoms with E-state index in [2.05, 4.69) is 6.92 Å². The third-order valence-electron chi connectivity index (χ3n) is 4.72. The lowest BCUT2D eigenvalue weighted by Gasteiger charge is -2.22. The number of halogens is 2. The lowest BCUT2D eigenvalue weighted by atomic mass is 10.0. The molecule has 0 aromatic rings. The van der Waals surface area contributed by atoms with Crippen LogP contribution in [0.2, 0.25) is 0 Å². The molecule has 0 heterocycles. The third-order valence-corrected chi connectivity index (χ3v) is 7.85. The Kier molecular flexibility index (Phi) is 20.6. The summed E-state index contributed by atoms with van der Waals surface area (Å²) in [5, 5.41) is 0.886. The number of carbonyl (C=O) groups excluding carboxylic acids is 1. The van der Waals surface area contributed by atoms with Gasteiger partial charge in [-0.3, -0.25) is 4.79 Å². The highest BCUT2D eigenvalue weighted by molar-refractivity contribution is 8.24. The van der Waals surface area contributed by atoms with Crippen LogP contribution in [0.3, 0.4) is 0 Å². The molecule has 0 aromatic carbocycles. The summed E-state index contributed by atoms with van der Waals surface area (Å²) in [5.41, 5.74) is 0. The Labute approximate surface area is 185 Å². The minimum atomic E-state index is -0.0692. The number of carbonyl (C=O) groups is 1. The molecule has 6 heteroatoms. The Bertz CT molecular complexity index is 344. The van der Waals surface area contributed by atoms with Crippen molar-refractivity contribution in [2.24, 2.45) is 0 Å². The fourth-order valence-electron chi connectivity index (χ4n) is 3.17. The summed E-state index contributed by atoms with van der Waals surface area (Å²) in [6.45, 7) is 6.04. The second-order valence-corrected chi connectivity index (χ2v) is 10.3. The molecule has 0 amide bonds. The van der Waals surface area contributed by atoms with Crippen LogP contribution in [0.5, 0.6) is 0 Å². The second kappa shape index (κ2) is 20.0. The Morgan fingerprint density at radius 3 is 1.67 bits per heavy atom. The van der Waals surface area contributed by atoms with Gasteiger partial charge < -0.3 is 4.74 Å². The topological polar surface area (TPSA) is 26.3 Å². The van der Waals surface area contributed by atoms with Crippen molar-refractivity contribution in [3.63, 3.8) is 0 Å². The molecular formula is C21H40Cl2O2S2.